The minimum Gasteiger partial charge on any atom is -0.494 e. The summed E-state index contributed by atoms with van der Waals surface area (Å²) < 4.78 is 1.86. The summed E-state index contributed by atoms with van der Waals surface area (Å²) in [5.41, 5.74) is 7.06. The molecule has 0 spiro atoms. The molecule has 0 saturated heterocycles. The summed E-state index contributed by atoms with van der Waals surface area (Å²) in [4.78, 5) is 11.4. The second-order valence-electron chi connectivity index (χ2n) is 7.28. The fourth-order valence-electron chi connectivity index (χ4n) is 3.90. The number of benzene rings is 1. The Bertz CT molecular complexity index is 992. The number of nitrogens with zero attached hydrogens (tertiary/aromatic N) is 4. The summed E-state index contributed by atoms with van der Waals surface area (Å²) in [6.07, 6.45) is 8.33. The molecular formula is C21H25N5O2. The van der Waals surface area contributed by atoms with Crippen molar-refractivity contribution in [2.45, 2.75) is 58.4 Å². The normalized spacial score (nSPS) is 17.8. The van der Waals surface area contributed by atoms with E-state index in [9.17, 15) is 9.90 Å². The predicted octanol–water partition coefficient (Wildman–Crippen LogP) is 3.72. The van der Waals surface area contributed by atoms with Gasteiger partial charge in [-0.1, -0.05) is 12.5 Å². The van der Waals surface area contributed by atoms with Crippen LogP contribution in [-0.2, 0) is 11.3 Å². The molecule has 1 aliphatic carbocycles. The molecule has 1 aromatic carbocycles. The summed E-state index contributed by atoms with van der Waals surface area (Å²) >= 11 is 0. The zero-order valence-electron chi connectivity index (χ0n) is 16.1. The molecule has 28 heavy (non-hydrogen) atoms. The molecule has 7 nitrogen and oxygen atoms in total. The highest BCUT2D eigenvalue weighted by molar-refractivity contribution is 6.09. The number of nitrogens with one attached hydrogen (secondary N) is 1. The predicted molar refractivity (Wildman–Crippen MR) is 111 cm³/mol. The maximum absolute atomic E-state index is 11.4. The molecule has 1 aromatic heterocycles. The molecule has 0 atom stereocenters. The molecule has 0 radical (unpaired) electrons. The van der Waals surface area contributed by atoms with Gasteiger partial charge in [-0.25, -0.2) is 5.43 Å². The molecule has 2 aromatic rings. The summed E-state index contributed by atoms with van der Waals surface area (Å²) in [6, 6.07) is 5.97. The highest BCUT2D eigenvalue weighted by atomic mass is 16.3. The summed E-state index contributed by atoms with van der Waals surface area (Å²) in [5, 5.41) is 24.5. The lowest BCUT2D eigenvalue weighted by Gasteiger charge is -2.12. The fourth-order valence-corrected chi connectivity index (χ4v) is 3.90. The third-order valence-electron chi connectivity index (χ3n) is 5.44. The molecule has 1 fully saturated rings. The van der Waals surface area contributed by atoms with Crippen molar-refractivity contribution in [2.75, 3.05) is 0 Å². The van der Waals surface area contributed by atoms with Gasteiger partial charge < -0.3 is 9.67 Å². The Morgan fingerprint density at radius 2 is 2.04 bits per heavy atom. The van der Waals surface area contributed by atoms with Crippen LogP contribution in [0.25, 0.3) is 10.9 Å². The van der Waals surface area contributed by atoms with E-state index < -0.39 is 0 Å². The highest BCUT2D eigenvalue weighted by Gasteiger charge is 2.18. The zero-order valence-corrected chi connectivity index (χ0v) is 16.1. The van der Waals surface area contributed by atoms with Gasteiger partial charge in [-0.05, 0) is 50.3 Å². The van der Waals surface area contributed by atoms with Crippen molar-refractivity contribution in [3.63, 3.8) is 0 Å². The van der Waals surface area contributed by atoms with Gasteiger partial charge in [-0.2, -0.15) is 15.3 Å². The first-order chi connectivity index (χ1) is 13.7. The SMILES string of the molecule is CCn1c(O)c(C=NN=C2CCCCC2)c2cc(C3=NNC(=O)CC3)ccc21. The van der Waals surface area contributed by atoms with Crippen molar-refractivity contribution in [2.24, 2.45) is 15.3 Å². The van der Waals surface area contributed by atoms with E-state index in [1.807, 2.05) is 29.7 Å². The second-order valence-corrected chi connectivity index (χ2v) is 7.28. The van der Waals surface area contributed by atoms with Crippen LogP contribution in [0.15, 0.2) is 33.5 Å². The number of aromatic nitrogens is 1. The zero-order chi connectivity index (χ0) is 19.5. The highest BCUT2D eigenvalue weighted by Crippen LogP contribution is 2.31. The van der Waals surface area contributed by atoms with E-state index in [-0.39, 0.29) is 11.8 Å². The van der Waals surface area contributed by atoms with E-state index >= 15 is 0 Å². The Hall–Kier alpha value is -2.96. The van der Waals surface area contributed by atoms with Crippen molar-refractivity contribution in [1.29, 1.82) is 0 Å². The van der Waals surface area contributed by atoms with Gasteiger partial charge in [-0.3, -0.25) is 4.79 Å². The average molecular weight is 379 g/mol. The number of hydrogen-bond acceptors (Lipinski definition) is 5. The molecule has 2 N–H and O–H groups in total. The molecule has 0 unspecified atom stereocenters. The summed E-state index contributed by atoms with van der Waals surface area (Å²) in [5.74, 6) is 0.135. The van der Waals surface area contributed by atoms with Gasteiger partial charge >= 0.3 is 0 Å². The fraction of sp³-hybridized carbons (Fsp3) is 0.429. The van der Waals surface area contributed by atoms with Crippen molar-refractivity contribution in [3.05, 3.63) is 29.3 Å². The van der Waals surface area contributed by atoms with Gasteiger partial charge in [-0.15, -0.1) is 0 Å². The number of amides is 1. The topological polar surface area (TPSA) is 91.3 Å². The van der Waals surface area contributed by atoms with Gasteiger partial charge in [0, 0.05) is 30.5 Å². The number of aromatic hydroxyl groups is 1. The second kappa shape index (κ2) is 7.96. The smallest absolute Gasteiger partial charge is 0.240 e. The standard InChI is InChI=1S/C21H25N5O2/c1-2-26-19-10-8-14(18-9-11-20(27)25-24-18)12-16(19)17(21(26)28)13-22-23-15-6-4-3-5-7-15/h8,10,12-13,28H,2-7,9,11H2,1H3,(H,25,27). The van der Waals surface area contributed by atoms with Gasteiger partial charge in [0.2, 0.25) is 11.8 Å². The Balaban J connectivity index is 1.72. The molecule has 1 saturated carbocycles. The lowest BCUT2D eigenvalue weighted by atomic mass is 9.99. The Morgan fingerprint density at radius 1 is 1.21 bits per heavy atom. The number of aryl methyl sites for hydroxylation is 1. The van der Waals surface area contributed by atoms with Crippen molar-refractivity contribution < 1.29 is 9.90 Å². The number of hydrogen-bond donors (Lipinski definition) is 2. The van der Waals surface area contributed by atoms with Crippen molar-refractivity contribution in [3.8, 4) is 5.88 Å². The van der Waals surface area contributed by atoms with Crippen molar-refractivity contribution in [1.82, 2.24) is 9.99 Å². The number of carbonyl (C=O) groups excluding carboxylic acids is 1. The van der Waals surface area contributed by atoms with Crippen LogP contribution in [0.4, 0.5) is 0 Å². The minimum absolute atomic E-state index is 0.0609. The van der Waals surface area contributed by atoms with Crippen LogP contribution < -0.4 is 5.43 Å². The van der Waals surface area contributed by atoms with E-state index in [0.29, 0.717) is 24.9 Å². The number of carbonyl (C=O) groups is 1. The maximum Gasteiger partial charge on any atom is 0.240 e. The van der Waals surface area contributed by atoms with Crippen LogP contribution in [0.3, 0.4) is 0 Å². The lowest BCUT2D eigenvalue weighted by Crippen LogP contribution is -2.25. The number of fused-ring (bicyclic) bond motifs is 1. The molecule has 2 heterocycles. The van der Waals surface area contributed by atoms with E-state index in [0.717, 1.165) is 40.7 Å². The first-order valence-electron chi connectivity index (χ1n) is 9.97. The van der Waals surface area contributed by atoms with Gasteiger partial charge in [0.05, 0.1) is 23.0 Å². The van der Waals surface area contributed by atoms with E-state index in [4.69, 9.17) is 0 Å². The van der Waals surface area contributed by atoms with Gasteiger partial charge in [0.15, 0.2) is 0 Å². The lowest BCUT2D eigenvalue weighted by molar-refractivity contribution is -0.121. The molecule has 146 valence electrons. The van der Waals surface area contributed by atoms with Crippen LogP contribution in [0, 0.1) is 0 Å². The van der Waals surface area contributed by atoms with Crippen LogP contribution >= 0.6 is 0 Å². The molecule has 1 amide bonds. The van der Waals surface area contributed by atoms with E-state index in [2.05, 4.69) is 20.7 Å². The molecule has 1 aliphatic heterocycles. The molecule has 2 aliphatic rings. The van der Waals surface area contributed by atoms with Crippen LogP contribution in [-0.4, -0.2) is 33.2 Å². The molecule has 7 heteroatoms. The maximum atomic E-state index is 11.4. The largest absolute Gasteiger partial charge is 0.494 e. The Morgan fingerprint density at radius 3 is 2.75 bits per heavy atom. The van der Waals surface area contributed by atoms with E-state index in [1.54, 1.807) is 6.21 Å². The number of hydrazone groups is 1. The quantitative estimate of drug-likeness (QED) is 0.626. The first-order valence-corrected chi connectivity index (χ1v) is 9.97. The number of rotatable bonds is 4. The van der Waals surface area contributed by atoms with Crippen LogP contribution in [0.1, 0.15) is 63.0 Å². The monoisotopic (exact) mass is 379 g/mol. The Labute approximate surface area is 163 Å². The minimum atomic E-state index is -0.0609. The molecule has 4 rings (SSSR count). The van der Waals surface area contributed by atoms with Gasteiger partial charge in [0.25, 0.3) is 0 Å². The summed E-state index contributed by atoms with van der Waals surface area (Å²) in [6.45, 7) is 2.65. The first kappa shape index (κ1) is 18.4. The average Bonchev–Trinajstić information content (AvgIpc) is 2.99. The van der Waals surface area contributed by atoms with Crippen molar-refractivity contribution >= 4 is 34.4 Å². The van der Waals surface area contributed by atoms with Crippen LogP contribution in [0.2, 0.25) is 0 Å². The molecular weight excluding hydrogens is 354 g/mol. The van der Waals surface area contributed by atoms with Gasteiger partial charge in [0.1, 0.15) is 0 Å². The van der Waals surface area contributed by atoms with E-state index in [1.165, 1.54) is 19.3 Å². The Kier molecular flexibility index (Phi) is 5.23. The third-order valence-corrected chi connectivity index (χ3v) is 5.44. The third kappa shape index (κ3) is 3.56. The molecule has 0 bridgehead atoms. The summed E-state index contributed by atoms with van der Waals surface area (Å²) in [7, 11) is 0. The van der Waals surface area contributed by atoms with Crippen LogP contribution in [0.5, 0.6) is 5.88 Å².